The molecular formula is C23H24N2O5. The van der Waals surface area contributed by atoms with Gasteiger partial charge in [0.05, 0.1) is 14.2 Å². The number of nitrogens with zero attached hydrogens (tertiary/aromatic N) is 1. The van der Waals surface area contributed by atoms with Crippen molar-refractivity contribution in [1.29, 1.82) is 0 Å². The molecule has 0 saturated heterocycles. The summed E-state index contributed by atoms with van der Waals surface area (Å²) in [6.07, 6.45) is 2.94. The van der Waals surface area contributed by atoms with Crippen LogP contribution < -0.4 is 9.47 Å². The van der Waals surface area contributed by atoms with Crippen LogP contribution in [0.1, 0.15) is 23.1 Å². The van der Waals surface area contributed by atoms with Crippen LogP contribution in [-0.4, -0.2) is 47.1 Å². The summed E-state index contributed by atoms with van der Waals surface area (Å²) in [5, 5.41) is 10.8. The molecule has 1 aromatic heterocycles. The second-order valence-electron chi connectivity index (χ2n) is 7.42. The van der Waals surface area contributed by atoms with Crippen molar-refractivity contribution in [3.63, 3.8) is 0 Å². The molecule has 0 fully saturated rings. The molecule has 4 rings (SSSR count). The summed E-state index contributed by atoms with van der Waals surface area (Å²) < 4.78 is 10.7. The first-order valence-corrected chi connectivity index (χ1v) is 9.83. The largest absolute Gasteiger partial charge is 0.493 e. The Morgan fingerprint density at radius 1 is 1.13 bits per heavy atom. The van der Waals surface area contributed by atoms with Gasteiger partial charge in [0.15, 0.2) is 11.5 Å². The van der Waals surface area contributed by atoms with Crippen molar-refractivity contribution in [1.82, 2.24) is 9.88 Å². The maximum Gasteiger partial charge on any atom is 0.326 e. The molecule has 0 saturated carbocycles. The molecule has 1 aliphatic rings. The Balaban J connectivity index is 1.56. The minimum absolute atomic E-state index is 0.173. The van der Waals surface area contributed by atoms with E-state index in [4.69, 9.17) is 9.47 Å². The van der Waals surface area contributed by atoms with E-state index in [-0.39, 0.29) is 25.3 Å². The van der Waals surface area contributed by atoms with Gasteiger partial charge in [0.2, 0.25) is 5.91 Å². The summed E-state index contributed by atoms with van der Waals surface area (Å²) in [6.45, 7) is 0.235. The van der Waals surface area contributed by atoms with E-state index in [1.807, 2.05) is 36.5 Å². The summed E-state index contributed by atoms with van der Waals surface area (Å²) in [4.78, 5) is 29.6. The number of hydrogen-bond donors (Lipinski definition) is 2. The Labute approximate surface area is 174 Å². The molecule has 2 N–H and O–H groups in total. The van der Waals surface area contributed by atoms with Gasteiger partial charge in [-0.2, -0.15) is 0 Å². The van der Waals surface area contributed by atoms with Gasteiger partial charge in [-0.05, 0) is 41.3 Å². The van der Waals surface area contributed by atoms with Crippen LogP contribution in [0.5, 0.6) is 11.5 Å². The molecule has 1 amide bonds. The Bertz CT molecular complexity index is 1100. The predicted octanol–water partition coefficient (Wildman–Crippen LogP) is 3.16. The van der Waals surface area contributed by atoms with E-state index in [1.54, 1.807) is 20.3 Å². The van der Waals surface area contributed by atoms with Crippen LogP contribution in [0.25, 0.3) is 10.9 Å². The third-order valence-electron chi connectivity index (χ3n) is 5.72. The zero-order valence-corrected chi connectivity index (χ0v) is 17.0. The molecule has 1 aliphatic heterocycles. The van der Waals surface area contributed by atoms with Crippen LogP contribution in [0.15, 0.2) is 42.6 Å². The summed E-state index contributed by atoms with van der Waals surface area (Å²) in [5.41, 5.74) is 3.82. The lowest BCUT2D eigenvalue weighted by molar-refractivity contribution is -0.151. The monoisotopic (exact) mass is 408 g/mol. The molecule has 0 radical (unpaired) electrons. The van der Waals surface area contributed by atoms with E-state index in [9.17, 15) is 14.7 Å². The first-order valence-electron chi connectivity index (χ1n) is 9.83. The standard InChI is InChI=1S/C23H24N2O5/c1-29-20-10-15-9-19(23(27)28)25(13-16(15)11-21(20)30-2)22(26)8-7-14-12-24-18-6-4-3-5-17(14)18/h3-6,10-12,19,24H,7-9,13H2,1-2H3,(H,27,28)/t19-/m0/s1. The highest BCUT2D eigenvalue weighted by molar-refractivity contribution is 5.86. The number of aryl methyl sites for hydroxylation is 1. The smallest absolute Gasteiger partial charge is 0.326 e. The number of benzene rings is 2. The third-order valence-corrected chi connectivity index (χ3v) is 5.72. The van der Waals surface area contributed by atoms with Crippen molar-refractivity contribution in [2.24, 2.45) is 0 Å². The molecule has 156 valence electrons. The summed E-state index contributed by atoms with van der Waals surface area (Å²) in [6, 6.07) is 10.7. The molecule has 30 heavy (non-hydrogen) atoms. The summed E-state index contributed by atoms with van der Waals surface area (Å²) in [5.74, 6) is -0.0558. The number of ether oxygens (including phenoxy) is 2. The number of carboxylic acid groups (broad SMARTS) is 1. The summed E-state index contributed by atoms with van der Waals surface area (Å²) >= 11 is 0. The second kappa shape index (κ2) is 8.10. The molecule has 2 aromatic carbocycles. The Kier molecular flexibility index (Phi) is 5.35. The van der Waals surface area contributed by atoms with Crippen molar-refractivity contribution in [2.45, 2.75) is 31.8 Å². The number of carbonyl (C=O) groups excluding carboxylic acids is 1. The topological polar surface area (TPSA) is 91.9 Å². The van der Waals surface area contributed by atoms with E-state index in [2.05, 4.69) is 4.98 Å². The predicted molar refractivity (Wildman–Crippen MR) is 112 cm³/mol. The minimum Gasteiger partial charge on any atom is -0.493 e. The number of hydrogen-bond acceptors (Lipinski definition) is 4. The van der Waals surface area contributed by atoms with E-state index in [1.165, 1.54) is 4.90 Å². The average molecular weight is 408 g/mol. The molecule has 0 bridgehead atoms. The Morgan fingerprint density at radius 2 is 1.83 bits per heavy atom. The zero-order chi connectivity index (χ0) is 21.3. The van der Waals surface area contributed by atoms with E-state index < -0.39 is 12.0 Å². The van der Waals surface area contributed by atoms with Crippen LogP contribution in [0.4, 0.5) is 0 Å². The number of aromatic nitrogens is 1. The molecule has 0 unspecified atom stereocenters. The zero-order valence-electron chi connectivity index (χ0n) is 17.0. The molecule has 1 atom stereocenters. The average Bonchev–Trinajstić information content (AvgIpc) is 3.18. The number of carboxylic acids is 1. The normalized spacial score (nSPS) is 15.7. The number of rotatable bonds is 6. The van der Waals surface area contributed by atoms with Crippen LogP contribution in [0.3, 0.4) is 0 Å². The molecule has 7 heteroatoms. The van der Waals surface area contributed by atoms with E-state index in [0.717, 1.165) is 27.6 Å². The van der Waals surface area contributed by atoms with Crippen molar-refractivity contribution in [3.8, 4) is 11.5 Å². The van der Waals surface area contributed by atoms with E-state index >= 15 is 0 Å². The van der Waals surface area contributed by atoms with Gasteiger partial charge in [0, 0.05) is 36.5 Å². The van der Waals surface area contributed by atoms with Crippen LogP contribution >= 0.6 is 0 Å². The molecule has 7 nitrogen and oxygen atoms in total. The molecular weight excluding hydrogens is 384 g/mol. The van der Waals surface area contributed by atoms with Gasteiger partial charge in [-0.1, -0.05) is 18.2 Å². The molecule has 2 heterocycles. The number of amides is 1. The van der Waals surface area contributed by atoms with Crippen molar-refractivity contribution in [2.75, 3.05) is 14.2 Å². The van der Waals surface area contributed by atoms with Gasteiger partial charge >= 0.3 is 5.97 Å². The number of para-hydroxylation sites is 1. The lowest BCUT2D eigenvalue weighted by Crippen LogP contribution is -2.48. The summed E-state index contributed by atoms with van der Waals surface area (Å²) in [7, 11) is 3.10. The highest BCUT2D eigenvalue weighted by atomic mass is 16.5. The quantitative estimate of drug-likeness (QED) is 0.654. The number of fused-ring (bicyclic) bond motifs is 2. The van der Waals surface area contributed by atoms with Crippen molar-refractivity contribution >= 4 is 22.8 Å². The van der Waals surface area contributed by atoms with E-state index in [0.29, 0.717) is 17.9 Å². The number of aliphatic carboxylic acids is 1. The fourth-order valence-corrected chi connectivity index (χ4v) is 4.12. The highest BCUT2D eigenvalue weighted by Crippen LogP contribution is 2.35. The number of carbonyl (C=O) groups is 2. The highest BCUT2D eigenvalue weighted by Gasteiger charge is 2.35. The number of H-pyrrole nitrogens is 1. The van der Waals surface area contributed by atoms with Gasteiger partial charge < -0.3 is 24.5 Å². The molecule has 0 spiro atoms. The van der Waals surface area contributed by atoms with Gasteiger partial charge in [-0.3, -0.25) is 4.79 Å². The Hall–Kier alpha value is -3.48. The number of methoxy groups -OCH3 is 2. The fourth-order valence-electron chi connectivity index (χ4n) is 4.12. The minimum atomic E-state index is -1.00. The first kappa shape index (κ1) is 19.8. The Morgan fingerprint density at radius 3 is 2.53 bits per heavy atom. The number of aromatic amines is 1. The SMILES string of the molecule is COc1cc2c(cc1OC)CN(C(=O)CCc1c[nH]c3ccccc13)[C@H](C(=O)O)C2. The van der Waals surface area contributed by atoms with Crippen molar-refractivity contribution in [3.05, 3.63) is 59.3 Å². The van der Waals surface area contributed by atoms with Crippen LogP contribution in [0.2, 0.25) is 0 Å². The first-order chi connectivity index (χ1) is 14.5. The van der Waals surface area contributed by atoms with Gasteiger partial charge in [-0.25, -0.2) is 4.79 Å². The fraction of sp³-hybridized carbons (Fsp3) is 0.304. The van der Waals surface area contributed by atoms with Gasteiger partial charge in [-0.15, -0.1) is 0 Å². The molecule has 0 aliphatic carbocycles. The lowest BCUT2D eigenvalue weighted by Gasteiger charge is -2.35. The van der Waals surface area contributed by atoms with Crippen molar-refractivity contribution < 1.29 is 24.2 Å². The van der Waals surface area contributed by atoms with Gasteiger partial charge in [0.1, 0.15) is 6.04 Å². The lowest BCUT2D eigenvalue weighted by atomic mass is 9.92. The maximum absolute atomic E-state index is 13.0. The number of nitrogens with one attached hydrogen (secondary N) is 1. The third kappa shape index (κ3) is 3.58. The second-order valence-corrected chi connectivity index (χ2v) is 7.42. The molecule has 3 aromatic rings. The van der Waals surface area contributed by atoms with Gasteiger partial charge in [0.25, 0.3) is 0 Å². The maximum atomic E-state index is 13.0. The van der Waals surface area contributed by atoms with Crippen LogP contribution in [-0.2, 0) is 29.0 Å². The van der Waals surface area contributed by atoms with Crippen LogP contribution in [0, 0.1) is 0 Å².